The van der Waals surface area contributed by atoms with Crippen LogP contribution in [0, 0.1) is 27.7 Å². The summed E-state index contributed by atoms with van der Waals surface area (Å²) < 4.78 is 8.11. The van der Waals surface area contributed by atoms with Gasteiger partial charge in [-0.15, -0.1) is 0 Å². The minimum absolute atomic E-state index is 0.175. The molecule has 3 rings (SSSR count). The summed E-state index contributed by atoms with van der Waals surface area (Å²) in [5.74, 6) is 1.56. The van der Waals surface area contributed by atoms with Crippen LogP contribution < -0.4 is 4.74 Å². The molecule has 0 fully saturated rings. The van der Waals surface area contributed by atoms with Crippen LogP contribution in [0.4, 0.5) is 0 Å². The van der Waals surface area contributed by atoms with E-state index in [4.69, 9.17) is 4.74 Å². The summed E-state index contributed by atoms with van der Waals surface area (Å²) in [4.78, 5) is 11.2. The molecule has 24 heavy (non-hydrogen) atoms. The molecule has 3 heterocycles. The van der Waals surface area contributed by atoms with Crippen LogP contribution >= 0.6 is 0 Å². The molecule has 0 saturated heterocycles. The summed E-state index contributed by atoms with van der Waals surface area (Å²) in [7, 11) is 2.15. The molecule has 0 N–H and O–H groups in total. The molecule has 0 aromatic carbocycles. The second-order valence-electron chi connectivity index (χ2n) is 6.85. The van der Waals surface area contributed by atoms with Crippen molar-refractivity contribution in [1.82, 2.24) is 24.6 Å². The Labute approximate surface area is 143 Å². The molecular weight excluding hydrogens is 302 g/mol. The number of aromatic nitrogens is 4. The summed E-state index contributed by atoms with van der Waals surface area (Å²) in [6, 6.07) is 2.12. The zero-order valence-electron chi connectivity index (χ0n) is 15.3. The SMILES string of the molecule is Cc1cc(C)n(CCCN(C)CC2Cc3c(C)nc(C)nc3O2)n1. The number of fused-ring (bicyclic) bond motifs is 1. The van der Waals surface area contributed by atoms with E-state index in [2.05, 4.69) is 44.7 Å². The molecule has 2 aromatic heterocycles. The van der Waals surface area contributed by atoms with E-state index in [-0.39, 0.29) is 6.10 Å². The number of rotatable bonds is 6. The van der Waals surface area contributed by atoms with Crippen molar-refractivity contribution in [3.63, 3.8) is 0 Å². The highest BCUT2D eigenvalue weighted by atomic mass is 16.5. The van der Waals surface area contributed by atoms with Gasteiger partial charge in [-0.25, -0.2) is 4.98 Å². The van der Waals surface area contributed by atoms with E-state index in [0.29, 0.717) is 0 Å². The molecule has 0 amide bonds. The lowest BCUT2D eigenvalue weighted by Gasteiger charge is -2.20. The number of likely N-dealkylation sites (N-methyl/N-ethyl adjacent to an activating group) is 1. The second kappa shape index (κ2) is 6.89. The lowest BCUT2D eigenvalue weighted by atomic mass is 10.1. The maximum Gasteiger partial charge on any atom is 0.220 e. The predicted octanol–water partition coefficient (Wildman–Crippen LogP) is 2.23. The predicted molar refractivity (Wildman–Crippen MR) is 93.4 cm³/mol. The van der Waals surface area contributed by atoms with Crippen molar-refractivity contribution in [2.24, 2.45) is 0 Å². The minimum atomic E-state index is 0.175. The van der Waals surface area contributed by atoms with Crippen molar-refractivity contribution in [3.05, 3.63) is 34.5 Å². The quantitative estimate of drug-likeness (QED) is 0.813. The molecule has 1 aliphatic rings. The molecule has 2 aromatic rings. The molecule has 1 unspecified atom stereocenters. The molecule has 0 bridgehead atoms. The van der Waals surface area contributed by atoms with Gasteiger partial charge >= 0.3 is 0 Å². The molecule has 1 atom stereocenters. The Bertz CT molecular complexity index is 724. The first-order valence-electron chi connectivity index (χ1n) is 8.62. The van der Waals surface area contributed by atoms with Crippen molar-refractivity contribution >= 4 is 0 Å². The molecular formula is C18H27N5O. The summed E-state index contributed by atoms with van der Waals surface area (Å²) in [5, 5.41) is 4.51. The van der Waals surface area contributed by atoms with Gasteiger partial charge in [-0.3, -0.25) is 4.68 Å². The zero-order valence-corrected chi connectivity index (χ0v) is 15.3. The molecule has 0 radical (unpaired) electrons. The summed E-state index contributed by atoms with van der Waals surface area (Å²) in [6.07, 6.45) is 2.16. The maximum atomic E-state index is 6.02. The Morgan fingerprint density at radius 3 is 2.75 bits per heavy atom. The molecule has 0 saturated carbocycles. The highest BCUT2D eigenvalue weighted by Gasteiger charge is 2.27. The normalized spacial score (nSPS) is 16.5. The van der Waals surface area contributed by atoms with Gasteiger partial charge < -0.3 is 9.64 Å². The van der Waals surface area contributed by atoms with E-state index in [1.54, 1.807) is 0 Å². The molecule has 1 aliphatic heterocycles. The number of hydrogen-bond donors (Lipinski definition) is 0. The van der Waals surface area contributed by atoms with Crippen LogP contribution in [-0.2, 0) is 13.0 Å². The third-order valence-electron chi connectivity index (χ3n) is 4.53. The van der Waals surface area contributed by atoms with Gasteiger partial charge in [-0.05, 0) is 53.8 Å². The van der Waals surface area contributed by atoms with E-state index in [1.165, 1.54) is 11.3 Å². The number of nitrogens with zero attached hydrogens (tertiary/aromatic N) is 5. The Morgan fingerprint density at radius 2 is 2.04 bits per heavy atom. The fraction of sp³-hybridized carbons (Fsp3) is 0.611. The van der Waals surface area contributed by atoms with Gasteiger partial charge in [-0.2, -0.15) is 10.1 Å². The van der Waals surface area contributed by atoms with Crippen molar-refractivity contribution in [1.29, 1.82) is 0 Å². The van der Waals surface area contributed by atoms with Crippen molar-refractivity contribution in [2.75, 3.05) is 20.1 Å². The average molecular weight is 329 g/mol. The lowest BCUT2D eigenvalue weighted by Crippen LogP contribution is -2.33. The fourth-order valence-electron chi connectivity index (χ4n) is 3.40. The van der Waals surface area contributed by atoms with Crippen LogP contribution in [0.5, 0.6) is 5.88 Å². The second-order valence-corrected chi connectivity index (χ2v) is 6.85. The van der Waals surface area contributed by atoms with Crippen LogP contribution in [0.3, 0.4) is 0 Å². The van der Waals surface area contributed by atoms with Crippen LogP contribution in [-0.4, -0.2) is 50.9 Å². The van der Waals surface area contributed by atoms with Crippen molar-refractivity contribution in [2.45, 2.75) is 53.2 Å². The minimum Gasteiger partial charge on any atom is -0.472 e. The zero-order chi connectivity index (χ0) is 17.3. The van der Waals surface area contributed by atoms with Gasteiger partial charge in [0, 0.05) is 36.5 Å². The first-order valence-corrected chi connectivity index (χ1v) is 8.62. The van der Waals surface area contributed by atoms with E-state index in [1.807, 2.05) is 20.8 Å². The van der Waals surface area contributed by atoms with Crippen LogP contribution in [0.1, 0.15) is 34.9 Å². The third kappa shape index (κ3) is 3.75. The summed E-state index contributed by atoms with van der Waals surface area (Å²) in [6.45, 7) is 11.0. The van der Waals surface area contributed by atoms with Gasteiger partial charge in [-0.1, -0.05) is 0 Å². The maximum absolute atomic E-state index is 6.02. The third-order valence-corrected chi connectivity index (χ3v) is 4.53. The lowest BCUT2D eigenvalue weighted by molar-refractivity contribution is 0.162. The Kier molecular flexibility index (Phi) is 4.85. The first kappa shape index (κ1) is 16.9. The highest BCUT2D eigenvalue weighted by molar-refractivity contribution is 5.34. The molecule has 6 nitrogen and oxygen atoms in total. The molecule has 130 valence electrons. The van der Waals surface area contributed by atoms with E-state index < -0.39 is 0 Å². The molecule has 0 spiro atoms. The summed E-state index contributed by atoms with van der Waals surface area (Å²) in [5.41, 5.74) is 4.53. The number of ether oxygens (including phenoxy) is 1. The van der Waals surface area contributed by atoms with E-state index >= 15 is 0 Å². The summed E-state index contributed by atoms with van der Waals surface area (Å²) >= 11 is 0. The number of aryl methyl sites for hydroxylation is 5. The standard InChI is InChI=1S/C18H27N5O/c1-12-9-13(2)23(21-12)8-6-7-22(5)11-16-10-17-14(3)19-15(4)20-18(17)24-16/h9,16H,6-8,10-11H2,1-5H3. The Hall–Kier alpha value is -1.95. The smallest absolute Gasteiger partial charge is 0.220 e. The Balaban J connectivity index is 1.47. The fourth-order valence-corrected chi connectivity index (χ4v) is 3.40. The highest BCUT2D eigenvalue weighted by Crippen LogP contribution is 2.28. The average Bonchev–Trinajstić information content (AvgIpc) is 3.02. The first-order chi connectivity index (χ1) is 11.4. The van der Waals surface area contributed by atoms with Gasteiger partial charge in [0.2, 0.25) is 5.88 Å². The molecule has 6 heteroatoms. The monoisotopic (exact) mass is 329 g/mol. The van der Waals surface area contributed by atoms with Crippen molar-refractivity contribution < 1.29 is 4.74 Å². The van der Waals surface area contributed by atoms with Gasteiger partial charge in [0.15, 0.2) is 0 Å². The topological polar surface area (TPSA) is 56.1 Å². The molecule has 0 aliphatic carbocycles. The van der Waals surface area contributed by atoms with Crippen molar-refractivity contribution in [3.8, 4) is 5.88 Å². The van der Waals surface area contributed by atoms with Crippen LogP contribution in [0.2, 0.25) is 0 Å². The largest absolute Gasteiger partial charge is 0.472 e. The van der Waals surface area contributed by atoms with Gasteiger partial charge in [0.05, 0.1) is 5.69 Å². The van der Waals surface area contributed by atoms with Gasteiger partial charge in [0.25, 0.3) is 0 Å². The van der Waals surface area contributed by atoms with Crippen LogP contribution in [0.15, 0.2) is 6.07 Å². The van der Waals surface area contributed by atoms with Gasteiger partial charge in [0.1, 0.15) is 11.9 Å². The number of hydrogen-bond acceptors (Lipinski definition) is 5. The van der Waals surface area contributed by atoms with E-state index in [0.717, 1.165) is 55.6 Å². The Morgan fingerprint density at radius 1 is 1.25 bits per heavy atom. The van der Waals surface area contributed by atoms with E-state index in [9.17, 15) is 0 Å². The van der Waals surface area contributed by atoms with Crippen LogP contribution in [0.25, 0.3) is 0 Å².